The second kappa shape index (κ2) is 14.4. The fraction of sp³-hybridized carbons (Fsp3) is 0.0727. The van der Waals surface area contributed by atoms with Crippen molar-refractivity contribution in [1.29, 1.82) is 0 Å². The number of nitrogens with zero attached hydrogens (tertiary/aromatic N) is 3. The molecule has 58 heavy (non-hydrogen) atoms. The number of fused-ring (bicyclic) bond motifs is 4. The van der Waals surface area contributed by atoms with E-state index < -0.39 is 0 Å². The molecule has 0 amide bonds. The minimum Gasteiger partial charge on any atom is -0.258 e. The van der Waals surface area contributed by atoms with E-state index in [1.807, 2.05) is 18.2 Å². The number of pyridine rings is 1. The van der Waals surface area contributed by atoms with Crippen molar-refractivity contribution < 1.29 is 0 Å². The van der Waals surface area contributed by atoms with Crippen molar-refractivity contribution in [2.75, 3.05) is 0 Å². The molecule has 2 heterocycles. The van der Waals surface area contributed by atoms with Crippen molar-refractivity contribution >= 4 is 32.3 Å². The quantitative estimate of drug-likeness (QED) is 0.159. The zero-order chi connectivity index (χ0) is 39.3. The van der Waals surface area contributed by atoms with E-state index in [-0.39, 0.29) is 0 Å². The Morgan fingerprint density at radius 3 is 1.57 bits per heavy atom. The van der Waals surface area contributed by atoms with E-state index in [2.05, 4.69) is 190 Å². The summed E-state index contributed by atoms with van der Waals surface area (Å²) >= 11 is 0. The third-order valence-electron chi connectivity index (χ3n) is 11.5. The summed E-state index contributed by atoms with van der Waals surface area (Å²) in [5.41, 5.74) is 16.4. The van der Waals surface area contributed by atoms with Gasteiger partial charge in [0.05, 0.1) is 11.4 Å². The van der Waals surface area contributed by atoms with Gasteiger partial charge in [-0.2, -0.15) is 0 Å². The lowest BCUT2D eigenvalue weighted by molar-refractivity contribution is 1.12. The molecule has 0 unspecified atom stereocenters. The first-order valence-corrected chi connectivity index (χ1v) is 19.9. The molecule has 3 nitrogen and oxygen atoms in total. The fourth-order valence-corrected chi connectivity index (χ4v) is 8.36. The van der Waals surface area contributed by atoms with Crippen LogP contribution >= 0.6 is 0 Å². The third-order valence-corrected chi connectivity index (χ3v) is 11.5. The molecule has 0 bridgehead atoms. The Morgan fingerprint density at radius 1 is 0.293 bits per heavy atom. The van der Waals surface area contributed by atoms with E-state index in [4.69, 9.17) is 9.97 Å². The van der Waals surface area contributed by atoms with E-state index in [0.717, 1.165) is 56.2 Å². The lowest BCUT2D eigenvalue weighted by atomic mass is 9.89. The molecule has 0 aliphatic rings. The van der Waals surface area contributed by atoms with Gasteiger partial charge in [0, 0.05) is 28.1 Å². The van der Waals surface area contributed by atoms with Crippen LogP contribution in [0.15, 0.2) is 176 Å². The van der Waals surface area contributed by atoms with Crippen LogP contribution in [0.5, 0.6) is 0 Å². The molecule has 0 aliphatic carbocycles. The minimum atomic E-state index is 0.704. The molecule has 0 fully saturated rings. The monoisotopic (exact) mass is 743 g/mol. The zero-order valence-electron chi connectivity index (χ0n) is 33.1. The molecule has 0 atom stereocenters. The Kier molecular flexibility index (Phi) is 8.72. The molecule has 0 spiro atoms. The van der Waals surface area contributed by atoms with Crippen molar-refractivity contribution in [2.24, 2.45) is 0 Å². The van der Waals surface area contributed by atoms with Crippen LogP contribution in [0.25, 0.3) is 99.6 Å². The topological polar surface area (TPSA) is 38.7 Å². The van der Waals surface area contributed by atoms with Gasteiger partial charge in [-0.05, 0) is 165 Å². The number of aryl methyl sites for hydroxylation is 4. The molecule has 276 valence electrons. The Hall–Kier alpha value is -7.23. The molecule has 10 rings (SSSR count). The van der Waals surface area contributed by atoms with Crippen LogP contribution in [-0.2, 0) is 0 Å². The lowest BCUT2D eigenvalue weighted by Gasteiger charge is -2.16. The minimum absolute atomic E-state index is 0.704. The highest BCUT2D eigenvalue weighted by Gasteiger charge is 2.16. The number of hydrogen-bond donors (Lipinski definition) is 0. The molecule has 0 radical (unpaired) electrons. The highest BCUT2D eigenvalue weighted by molar-refractivity contribution is 6.14. The van der Waals surface area contributed by atoms with Gasteiger partial charge in [-0.15, -0.1) is 0 Å². The standard InChI is InChI=1S/C55H41N3/c1-34-18-19-44(24-35(34)2)53-33-54(58-55(57-53)38-12-6-5-7-13-38)48-30-46(29-47(31-48)52-32-43-14-8-9-15-49(43)50-16-10-11-17-51(50)52)42-23-21-39-27-41(22-20-40(39)28-42)45-25-36(3)56-37(4)26-45/h5-33H,1-4H3. The predicted octanol–water partition coefficient (Wildman–Crippen LogP) is 14.6. The first kappa shape index (κ1) is 35.2. The van der Waals surface area contributed by atoms with Crippen molar-refractivity contribution in [3.63, 3.8) is 0 Å². The fourth-order valence-electron chi connectivity index (χ4n) is 8.36. The molecule has 0 aliphatic heterocycles. The van der Waals surface area contributed by atoms with Gasteiger partial charge in [-0.3, -0.25) is 4.98 Å². The van der Waals surface area contributed by atoms with Crippen LogP contribution in [0.3, 0.4) is 0 Å². The highest BCUT2D eigenvalue weighted by Crippen LogP contribution is 2.40. The summed E-state index contributed by atoms with van der Waals surface area (Å²) < 4.78 is 0. The highest BCUT2D eigenvalue weighted by atomic mass is 14.9. The summed E-state index contributed by atoms with van der Waals surface area (Å²) in [5.74, 6) is 0.704. The summed E-state index contributed by atoms with van der Waals surface area (Å²) in [6.45, 7) is 8.42. The Bertz CT molecular complexity index is 3200. The number of aromatic nitrogens is 3. The average molecular weight is 744 g/mol. The Labute approximate surface area is 339 Å². The van der Waals surface area contributed by atoms with Crippen LogP contribution in [0.1, 0.15) is 22.5 Å². The van der Waals surface area contributed by atoms with Gasteiger partial charge < -0.3 is 0 Å². The largest absolute Gasteiger partial charge is 0.258 e. The third kappa shape index (κ3) is 6.61. The van der Waals surface area contributed by atoms with Crippen molar-refractivity contribution in [3.05, 3.63) is 198 Å². The maximum Gasteiger partial charge on any atom is 0.160 e. The molecule has 8 aromatic carbocycles. The number of hydrogen-bond acceptors (Lipinski definition) is 3. The SMILES string of the molecule is Cc1cc(-c2ccc3cc(-c4cc(-c5cc(-c6ccc(C)c(C)c6)nc(-c6ccccc6)n5)cc(-c5cc6ccccc6c6ccccc56)c4)ccc3c2)cc(C)n1. The maximum absolute atomic E-state index is 5.31. The van der Waals surface area contributed by atoms with Gasteiger partial charge in [-0.1, -0.05) is 115 Å². The zero-order valence-corrected chi connectivity index (χ0v) is 33.1. The molecule has 0 N–H and O–H groups in total. The van der Waals surface area contributed by atoms with Gasteiger partial charge in [0.15, 0.2) is 5.82 Å². The van der Waals surface area contributed by atoms with E-state index in [0.29, 0.717) is 5.82 Å². The maximum atomic E-state index is 5.31. The van der Waals surface area contributed by atoms with Gasteiger partial charge >= 0.3 is 0 Å². The molecule has 2 aromatic heterocycles. The van der Waals surface area contributed by atoms with Gasteiger partial charge in [0.25, 0.3) is 0 Å². The summed E-state index contributed by atoms with van der Waals surface area (Å²) in [4.78, 5) is 15.1. The smallest absolute Gasteiger partial charge is 0.160 e. The van der Waals surface area contributed by atoms with Crippen LogP contribution in [0, 0.1) is 27.7 Å². The lowest BCUT2D eigenvalue weighted by Crippen LogP contribution is -1.97. The van der Waals surface area contributed by atoms with Crippen LogP contribution in [0.2, 0.25) is 0 Å². The number of rotatable bonds is 6. The van der Waals surface area contributed by atoms with Gasteiger partial charge in [-0.25, -0.2) is 9.97 Å². The Morgan fingerprint density at radius 2 is 0.862 bits per heavy atom. The summed E-state index contributed by atoms with van der Waals surface area (Å²) in [6.07, 6.45) is 0. The molecular formula is C55H41N3. The molecule has 10 aromatic rings. The summed E-state index contributed by atoms with van der Waals surface area (Å²) in [7, 11) is 0. The Balaban J connectivity index is 1.20. The van der Waals surface area contributed by atoms with Crippen molar-refractivity contribution in [3.8, 4) is 67.3 Å². The van der Waals surface area contributed by atoms with Crippen LogP contribution < -0.4 is 0 Å². The van der Waals surface area contributed by atoms with Gasteiger partial charge in [0.1, 0.15) is 0 Å². The summed E-state index contributed by atoms with van der Waals surface area (Å²) in [6, 6.07) is 63.7. The summed E-state index contributed by atoms with van der Waals surface area (Å²) in [5, 5.41) is 7.33. The second-order valence-electron chi connectivity index (χ2n) is 15.5. The average Bonchev–Trinajstić information content (AvgIpc) is 3.26. The van der Waals surface area contributed by atoms with Gasteiger partial charge in [0.2, 0.25) is 0 Å². The van der Waals surface area contributed by atoms with Crippen molar-refractivity contribution in [2.45, 2.75) is 27.7 Å². The molecular weight excluding hydrogens is 703 g/mol. The van der Waals surface area contributed by atoms with Crippen LogP contribution in [-0.4, -0.2) is 15.0 Å². The second-order valence-corrected chi connectivity index (χ2v) is 15.5. The van der Waals surface area contributed by atoms with E-state index in [1.165, 1.54) is 60.1 Å². The van der Waals surface area contributed by atoms with E-state index in [1.54, 1.807) is 0 Å². The van der Waals surface area contributed by atoms with Crippen LogP contribution in [0.4, 0.5) is 0 Å². The normalized spacial score (nSPS) is 11.4. The first-order valence-electron chi connectivity index (χ1n) is 19.9. The molecule has 0 saturated heterocycles. The molecule has 0 saturated carbocycles. The first-order chi connectivity index (χ1) is 28.3. The van der Waals surface area contributed by atoms with E-state index >= 15 is 0 Å². The van der Waals surface area contributed by atoms with E-state index in [9.17, 15) is 0 Å². The molecule has 3 heteroatoms. The van der Waals surface area contributed by atoms with Crippen molar-refractivity contribution in [1.82, 2.24) is 15.0 Å². The number of benzene rings is 8. The predicted molar refractivity (Wildman–Crippen MR) is 244 cm³/mol.